The fourth-order valence-corrected chi connectivity index (χ4v) is 1.49. The van der Waals surface area contributed by atoms with Crippen molar-refractivity contribution in [1.82, 2.24) is 5.32 Å². The monoisotopic (exact) mass is 220 g/mol. The minimum atomic E-state index is -0.502. The van der Waals surface area contributed by atoms with Gasteiger partial charge in [0.15, 0.2) is 6.10 Å². The van der Waals surface area contributed by atoms with Crippen molar-refractivity contribution < 1.29 is 14.3 Å². The van der Waals surface area contributed by atoms with Crippen molar-refractivity contribution in [3.8, 4) is 5.75 Å². The van der Waals surface area contributed by atoms with Crippen LogP contribution in [0.25, 0.3) is 0 Å². The average Bonchev–Trinajstić information content (AvgIpc) is 2.29. The first kappa shape index (κ1) is 10.5. The number of hydrogen-bond acceptors (Lipinski definition) is 3. The lowest BCUT2D eigenvalue weighted by Gasteiger charge is -2.23. The SMILES string of the molecule is CNC(=O)c1ccc2c(c1)NC(=O)C(C)O2. The molecule has 2 rings (SSSR count). The van der Waals surface area contributed by atoms with E-state index in [1.165, 1.54) is 0 Å². The fraction of sp³-hybridized carbons (Fsp3) is 0.273. The highest BCUT2D eigenvalue weighted by Crippen LogP contribution is 2.30. The molecule has 2 N–H and O–H groups in total. The smallest absolute Gasteiger partial charge is 0.265 e. The Bertz CT molecular complexity index is 457. The van der Waals surface area contributed by atoms with Crippen molar-refractivity contribution in [3.63, 3.8) is 0 Å². The Balaban J connectivity index is 2.36. The minimum absolute atomic E-state index is 0.198. The van der Waals surface area contributed by atoms with Crippen LogP contribution in [0.15, 0.2) is 18.2 Å². The maximum atomic E-state index is 11.4. The molecule has 1 unspecified atom stereocenters. The van der Waals surface area contributed by atoms with E-state index < -0.39 is 6.10 Å². The van der Waals surface area contributed by atoms with Crippen LogP contribution in [0, 0.1) is 0 Å². The fourth-order valence-electron chi connectivity index (χ4n) is 1.49. The Morgan fingerprint density at radius 3 is 2.94 bits per heavy atom. The van der Waals surface area contributed by atoms with Gasteiger partial charge in [0.25, 0.3) is 11.8 Å². The Kier molecular flexibility index (Phi) is 2.52. The van der Waals surface area contributed by atoms with Gasteiger partial charge in [-0.05, 0) is 25.1 Å². The van der Waals surface area contributed by atoms with Gasteiger partial charge in [0, 0.05) is 12.6 Å². The maximum absolute atomic E-state index is 11.4. The van der Waals surface area contributed by atoms with Crippen LogP contribution in [0.2, 0.25) is 0 Å². The van der Waals surface area contributed by atoms with Crippen LogP contribution in [-0.2, 0) is 4.79 Å². The van der Waals surface area contributed by atoms with Crippen LogP contribution < -0.4 is 15.4 Å². The predicted molar refractivity (Wildman–Crippen MR) is 58.6 cm³/mol. The van der Waals surface area contributed by atoms with E-state index in [0.29, 0.717) is 17.0 Å². The number of benzene rings is 1. The lowest BCUT2D eigenvalue weighted by Crippen LogP contribution is -2.34. The molecule has 1 atom stereocenters. The van der Waals surface area contributed by atoms with E-state index >= 15 is 0 Å². The molecule has 84 valence electrons. The quantitative estimate of drug-likeness (QED) is 0.734. The molecular formula is C11H12N2O3. The average molecular weight is 220 g/mol. The van der Waals surface area contributed by atoms with E-state index in [-0.39, 0.29) is 11.8 Å². The summed E-state index contributed by atoms with van der Waals surface area (Å²) in [6.45, 7) is 1.67. The van der Waals surface area contributed by atoms with Gasteiger partial charge in [-0.2, -0.15) is 0 Å². The molecule has 0 spiro atoms. The number of ether oxygens (including phenoxy) is 1. The van der Waals surface area contributed by atoms with E-state index in [1.807, 2.05) is 0 Å². The van der Waals surface area contributed by atoms with Crippen molar-refractivity contribution in [2.75, 3.05) is 12.4 Å². The topological polar surface area (TPSA) is 67.4 Å². The number of amides is 2. The zero-order chi connectivity index (χ0) is 11.7. The number of carbonyl (C=O) groups is 2. The molecule has 0 saturated heterocycles. The molecule has 5 heteroatoms. The van der Waals surface area contributed by atoms with Gasteiger partial charge in [-0.25, -0.2) is 0 Å². The molecule has 1 heterocycles. The Morgan fingerprint density at radius 2 is 2.25 bits per heavy atom. The molecule has 1 aliphatic rings. The molecule has 16 heavy (non-hydrogen) atoms. The second-order valence-electron chi connectivity index (χ2n) is 3.54. The summed E-state index contributed by atoms with van der Waals surface area (Å²) in [7, 11) is 1.55. The molecular weight excluding hydrogens is 208 g/mol. The largest absolute Gasteiger partial charge is 0.479 e. The summed E-state index contributed by atoms with van der Waals surface area (Å²) in [5.74, 6) is 0.178. The summed E-state index contributed by atoms with van der Waals surface area (Å²) >= 11 is 0. The summed E-state index contributed by atoms with van der Waals surface area (Å²) in [6.07, 6.45) is -0.502. The molecule has 0 aliphatic carbocycles. The predicted octanol–water partition coefficient (Wildman–Crippen LogP) is 0.766. The summed E-state index contributed by atoms with van der Waals surface area (Å²) in [5.41, 5.74) is 1.02. The first-order valence-corrected chi connectivity index (χ1v) is 4.95. The van der Waals surface area contributed by atoms with E-state index in [1.54, 1.807) is 32.2 Å². The van der Waals surface area contributed by atoms with Crippen LogP contribution in [0.3, 0.4) is 0 Å². The number of anilines is 1. The molecule has 1 aromatic carbocycles. The third-order valence-corrected chi connectivity index (χ3v) is 2.40. The first-order valence-electron chi connectivity index (χ1n) is 4.95. The van der Waals surface area contributed by atoms with Crippen LogP contribution in [-0.4, -0.2) is 25.0 Å². The van der Waals surface area contributed by atoms with Gasteiger partial charge in [-0.1, -0.05) is 0 Å². The second kappa shape index (κ2) is 3.84. The van der Waals surface area contributed by atoms with Gasteiger partial charge in [0.05, 0.1) is 5.69 Å². The second-order valence-corrected chi connectivity index (χ2v) is 3.54. The summed E-state index contributed by atoms with van der Waals surface area (Å²) in [6, 6.07) is 4.93. The first-order chi connectivity index (χ1) is 7.61. The van der Waals surface area contributed by atoms with Gasteiger partial charge >= 0.3 is 0 Å². The molecule has 1 aromatic rings. The van der Waals surface area contributed by atoms with Crippen molar-refractivity contribution in [1.29, 1.82) is 0 Å². The van der Waals surface area contributed by atoms with Crippen LogP contribution in [0.4, 0.5) is 5.69 Å². The summed E-state index contributed by atoms with van der Waals surface area (Å²) in [4.78, 5) is 22.8. The highest BCUT2D eigenvalue weighted by atomic mass is 16.5. The molecule has 0 saturated carbocycles. The van der Waals surface area contributed by atoms with E-state index in [0.717, 1.165) is 0 Å². The summed E-state index contributed by atoms with van der Waals surface area (Å²) in [5, 5.41) is 5.20. The number of carbonyl (C=O) groups excluding carboxylic acids is 2. The van der Waals surface area contributed by atoms with Crippen molar-refractivity contribution >= 4 is 17.5 Å². The highest BCUT2D eigenvalue weighted by molar-refractivity contribution is 6.00. The third-order valence-electron chi connectivity index (χ3n) is 2.40. The molecule has 0 radical (unpaired) electrons. The molecule has 5 nitrogen and oxygen atoms in total. The summed E-state index contributed by atoms with van der Waals surface area (Å²) < 4.78 is 5.37. The molecule has 0 bridgehead atoms. The van der Waals surface area contributed by atoms with E-state index in [4.69, 9.17) is 4.74 Å². The zero-order valence-electron chi connectivity index (χ0n) is 9.03. The van der Waals surface area contributed by atoms with Crippen molar-refractivity contribution in [3.05, 3.63) is 23.8 Å². The molecule has 0 aromatic heterocycles. The lowest BCUT2D eigenvalue weighted by molar-refractivity contribution is -0.122. The molecule has 2 amide bonds. The number of nitrogens with one attached hydrogen (secondary N) is 2. The van der Waals surface area contributed by atoms with Crippen LogP contribution in [0.5, 0.6) is 5.75 Å². The third kappa shape index (κ3) is 1.71. The van der Waals surface area contributed by atoms with Gasteiger partial charge < -0.3 is 15.4 Å². The highest BCUT2D eigenvalue weighted by Gasteiger charge is 2.23. The van der Waals surface area contributed by atoms with Gasteiger partial charge in [0.2, 0.25) is 0 Å². The Hall–Kier alpha value is -2.04. The lowest BCUT2D eigenvalue weighted by atomic mass is 10.1. The standard InChI is InChI=1S/C11H12N2O3/c1-6-10(14)13-8-5-7(11(15)12-2)3-4-9(8)16-6/h3-6H,1-2H3,(H,12,15)(H,13,14). The number of hydrogen-bond donors (Lipinski definition) is 2. The van der Waals surface area contributed by atoms with Gasteiger partial charge in [-0.3, -0.25) is 9.59 Å². The van der Waals surface area contributed by atoms with Crippen molar-refractivity contribution in [2.45, 2.75) is 13.0 Å². The van der Waals surface area contributed by atoms with E-state index in [9.17, 15) is 9.59 Å². The zero-order valence-corrected chi connectivity index (χ0v) is 9.03. The maximum Gasteiger partial charge on any atom is 0.265 e. The van der Waals surface area contributed by atoms with Gasteiger partial charge in [0.1, 0.15) is 5.75 Å². The Labute approximate surface area is 92.8 Å². The minimum Gasteiger partial charge on any atom is -0.479 e. The Morgan fingerprint density at radius 1 is 1.50 bits per heavy atom. The van der Waals surface area contributed by atoms with Gasteiger partial charge in [-0.15, -0.1) is 0 Å². The van der Waals surface area contributed by atoms with E-state index in [2.05, 4.69) is 10.6 Å². The van der Waals surface area contributed by atoms with Crippen molar-refractivity contribution in [2.24, 2.45) is 0 Å². The van der Waals surface area contributed by atoms with Crippen LogP contribution in [0.1, 0.15) is 17.3 Å². The number of fused-ring (bicyclic) bond motifs is 1. The molecule has 1 aliphatic heterocycles. The number of rotatable bonds is 1. The normalized spacial score (nSPS) is 18.1. The van der Waals surface area contributed by atoms with Crippen LogP contribution >= 0.6 is 0 Å². The molecule has 0 fully saturated rings.